The van der Waals surface area contributed by atoms with Gasteiger partial charge in [-0.05, 0) is 29.7 Å². The van der Waals surface area contributed by atoms with Crippen LogP contribution in [0.5, 0.6) is 11.5 Å². The minimum Gasteiger partial charge on any atom is -0.447 e. The van der Waals surface area contributed by atoms with E-state index < -0.39 is 11.6 Å². The minimum atomic E-state index is -2.06. The Morgan fingerprint density at radius 1 is 0.810 bits per heavy atom. The maximum absolute atomic E-state index is 10.5. The molecule has 4 rings (SSSR count). The molecular formula is C17H16O4. The summed E-state index contributed by atoms with van der Waals surface area (Å²) in [5.74, 6) is -2.21. The fraction of sp³-hybridized carbons (Fsp3) is 0.294. The average Bonchev–Trinajstić information content (AvgIpc) is 2.48. The number of ether oxygens (including phenoxy) is 2. The zero-order valence-electron chi connectivity index (χ0n) is 11.5. The van der Waals surface area contributed by atoms with Crippen molar-refractivity contribution in [3.63, 3.8) is 0 Å². The lowest BCUT2D eigenvalue weighted by atomic mass is 9.87. The molecule has 0 bridgehead atoms. The van der Waals surface area contributed by atoms with Crippen LogP contribution in [0.1, 0.15) is 17.5 Å². The molecule has 1 unspecified atom stereocenters. The molecule has 4 nitrogen and oxygen atoms in total. The van der Waals surface area contributed by atoms with Crippen LogP contribution in [0.3, 0.4) is 0 Å². The zero-order chi connectivity index (χ0) is 14.5. The van der Waals surface area contributed by atoms with E-state index in [9.17, 15) is 10.2 Å². The Hall–Kier alpha value is -2.04. The van der Waals surface area contributed by atoms with Gasteiger partial charge in [-0.2, -0.15) is 0 Å². The van der Waals surface area contributed by atoms with E-state index in [1.807, 2.05) is 48.5 Å². The molecule has 0 saturated carbocycles. The molecule has 0 aromatic heterocycles. The Balaban J connectivity index is 1.78. The normalized spacial score (nSPS) is 25.4. The Bertz CT molecular complexity index is 691. The number of fused-ring (bicyclic) bond motifs is 2. The van der Waals surface area contributed by atoms with Gasteiger partial charge in [0.25, 0.3) is 0 Å². The van der Waals surface area contributed by atoms with Crippen LogP contribution in [0.15, 0.2) is 48.5 Å². The number of aryl methyl sites for hydroxylation is 1. The Labute approximate surface area is 122 Å². The fourth-order valence-corrected chi connectivity index (χ4v) is 3.10. The first-order chi connectivity index (χ1) is 10.1. The van der Waals surface area contributed by atoms with Crippen molar-refractivity contribution in [2.45, 2.75) is 30.8 Å². The molecular weight excluding hydrogens is 268 g/mol. The lowest BCUT2D eigenvalue weighted by Crippen LogP contribution is -2.66. The van der Waals surface area contributed by atoms with Crippen LogP contribution < -0.4 is 9.47 Å². The monoisotopic (exact) mass is 284 g/mol. The summed E-state index contributed by atoms with van der Waals surface area (Å²) in [6.45, 7) is 0. The van der Waals surface area contributed by atoms with Gasteiger partial charge in [-0.1, -0.05) is 36.4 Å². The average molecular weight is 284 g/mol. The summed E-state index contributed by atoms with van der Waals surface area (Å²) < 4.78 is 11.8. The molecule has 4 heteroatoms. The molecule has 0 fully saturated rings. The van der Waals surface area contributed by atoms with Crippen molar-refractivity contribution < 1.29 is 19.7 Å². The molecule has 2 N–H and O–H groups in total. The highest BCUT2D eigenvalue weighted by atomic mass is 16.7. The molecule has 21 heavy (non-hydrogen) atoms. The van der Waals surface area contributed by atoms with E-state index in [2.05, 4.69) is 0 Å². The molecule has 1 atom stereocenters. The Morgan fingerprint density at radius 3 is 2.10 bits per heavy atom. The van der Waals surface area contributed by atoms with Crippen molar-refractivity contribution in [1.29, 1.82) is 0 Å². The van der Waals surface area contributed by atoms with Gasteiger partial charge in [0.2, 0.25) is 5.79 Å². The van der Waals surface area contributed by atoms with Crippen molar-refractivity contribution in [1.82, 2.24) is 0 Å². The summed E-state index contributed by atoms with van der Waals surface area (Å²) in [6, 6.07) is 15.0. The van der Waals surface area contributed by atoms with E-state index in [1.54, 1.807) is 0 Å². The van der Waals surface area contributed by atoms with Gasteiger partial charge >= 0.3 is 5.79 Å². The Morgan fingerprint density at radius 2 is 1.38 bits per heavy atom. The third-order valence-corrected chi connectivity index (χ3v) is 4.27. The summed E-state index contributed by atoms with van der Waals surface area (Å²) in [4.78, 5) is 0. The fourth-order valence-electron chi connectivity index (χ4n) is 3.10. The van der Waals surface area contributed by atoms with Crippen LogP contribution in [-0.2, 0) is 12.8 Å². The second-order valence-corrected chi connectivity index (χ2v) is 5.67. The van der Waals surface area contributed by atoms with E-state index >= 15 is 0 Å². The molecule has 0 saturated heterocycles. The van der Waals surface area contributed by atoms with Crippen LogP contribution in [0.4, 0.5) is 0 Å². The predicted octanol–water partition coefficient (Wildman–Crippen LogP) is 2.02. The molecule has 0 aliphatic carbocycles. The van der Waals surface area contributed by atoms with Gasteiger partial charge in [0.05, 0.1) is 0 Å². The number of aliphatic hydroxyl groups is 2. The lowest BCUT2D eigenvalue weighted by molar-refractivity contribution is -0.343. The Kier molecular flexibility index (Phi) is 2.55. The summed E-state index contributed by atoms with van der Waals surface area (Å²) >= 11 is 0. The van der Waals surface area contributed by atoms with E-state index in [4.69, 9.17) is 9.47 Å². The molecule has 2 aromatic rings. The number of hydrogen-bond acceptors (Lipinski definition) is 4. The predicted molar refractivity (Wildman–Crippen MR) is 76.1 cm³/mol. The quantitative estimate of drug-likeness (QED) is 0.727. The topological polar surface area (TPSA) is 58.9 Å². The number of rotatable bonds is 0. The number of para-hydroxylation sites is 2. The third kappa shape index (κ3) is 1.83. The maximum Gasteiger partial charge on any atom is 0.305 e. The minimum absolute atomic E-state index is 0.0886. The second-order valence-electron chi connectivity index (χ2n) is 5.67. The molecule has 0 radical (unpaired) electrons. The molecule has 2 aromatic carbocycles. The van der Waals surface area contributed by atoms with Crippen LogP contribution in [-0.4, -0.2) is 21.8 Å². The highest BCUT2D eigenvalue weighted by molar-refractivity contribution is 5.41. The van der Waals surface area contributed by atoms with E-state index in [0.29, 0.717) is 24.3 Å². The van der Waals surface area contributed by atoms with E-state index in [1.165, 1.54) is 0 Å². The molecule has 108 valence electrons. The molecule has 2 heterocycles. The SMILES string of the molecule is OC1(O)Cc2ccccc2OC12CCc1ccccc1O2. The molecule has 2 aliphatic rings. The summed E-state index contributed by atoms with van der Waals surface area (Å²) in [5.41, 5.74) is 1.83. The standard InChI is InChI=1S/C17H16O4/c18-16(19)11-13-6-2-4-8-15(13)21-17(16)10-9-12-5-1-3-7-14(12)20-17/h1-8,18-19H,9-11H2. The first-order valence-corrected chi connectivity index (χ1v) is 7.08. The van der Waals surface area contributed by atoms with Gasteiger partial charge in [-0.15, -0.1) is 0 Å². The van der Waals surface area contributed by atoms with Crippen molar-refractivity contribution in [2.75, 3.05) is 0 Å². The van der Waals surface area contributed by atoms with Crippen LogP contribution in [0.25, 0.3) is 0 Å². The largest absolute Gasteiger partial charge is 0.447 e. The van der Waals surface area contributed by atoms with Gasteiger partial charge in [-0.25, -0.2) is 0 Å². The first kappa shape index (κ1) is 12.7. The summed E-state index contributed by atoms with van der Waals surface area (Å²) in [6.07, 6.45) is 1.16. The van der Waals surface area contributed by atoms with Gasteiger partial charge < -0.3 is 19.7 Å². The van der Waals surface area contributed by atoms with Gasteiger partial charge in [0.15, 0.2) is 0 Å². The van der Waals surface area contributed by atoms with E-state index in [0.717, 1.165) is 11.1 Å². The van der Waals surface area contributed by atoms with Gasteiger partial charge in [-0.3, -0.25) is 0 Å². The first-order valence-electron chi connectivity index (χ1n) is 7.08. The van der Waals surface area contributed by atoms with Gasteiger partial charge in [0, 0.05) is 12.8 Å². The van der Waals surface area contributed by atoms with Crippen LogP contribution >= 0.6 is 0 Å². The lowest BCUT2D eigenvalue weighted by Gasteiger charge is -2.48. The molecule has 2 aliphatic heterocycles. The highest BCUT2D eigenvalue weighted by Gasteiger charge is 2.58. The van der Waals surface area contributed by atoms with Crippen molar-refractivity contribution in [3.05, 3.63) is 59.7 Å². The second kappa shape index (κ2) is 4.23. The smallest absolute Gasteiger partial charge is 0.305 e. The summed E-state index contributed by atoms with van der Waals surface area (Å²) in [5, 5.41) is 21.1. The number of benzene rings is 2. The maximum atomic E-state index is 10.5. The number of hydrogen-bond donors (Lipinski definition) is 2. The van der Waals surface area contributed by atoms with Crippen LogP contribution in [0, 0.1) is 0 Å². The van der Waals surface area contributed by atoms with Crippen molar-refractivity contribution in [3.8, 4) is 11.5 Å². The van der Waals surface area contributed by atoms with Crippen molar-refractivity contribution in [2.24, 2.45) is 0 Å². The highest BCUT2D eigenvalue weighted by Crippen LogP contribution is 2.45. The zero-order valence-corrected chi connectivity index (χ0v) is 11.5. The van der Waals surface area contributed by atoms with Crippen LogP contribution in [0.2, 0.25) is 0 Å². The molecule has 1 spiro atoms. The van der Waals surface area contributed by atoms with Crippen molar-refractivity contribution >= 4 is 0 Å². The molecule has 0 amide bonds. The van der Waals surface area contributed by atoms with E-state index in [-0.39, 0.29) is 6.42 Å². The van der Waals surface area contributed by atoms with Gasteiger partial charge in [0.1, 0.15) is 11.5 Å². The summed E-state index contributed by atoms with van der Waals surface area (Å²) in [7, 11) is 0. The third-order valence-electron chi connectivity index (χ3n) is 4.27.